The monoisotopic (exact) mass is 356 g/mol. The number of fused-ring (bicyclic) bond motifs is 1. The van der Waals surface area contributed by atoms with Crippen molar-refractivity contribution in [1.82, 2.24) is 14.8 Å². The molecule has 130 valence electrons. The molecule has 0 saturated carbocycles. The van der Waals surface area contributed by atoms with E-state index >= 15 is 0 Å². The number of aromatic hydroxyl groups is 1. The highest BCUT2D eigenvalue weighted by Gasteiger charge is 2.41. The van der Waals surface area contributed by atoms with Crippen LogP contribution >= 0.6 is 11.8 Å². The fourth-order valence-corrected chi connectivity index (χ4v) is 3.99. The van der Waals surface area contributed by atoms with Crippen molar-refractivity contribution in [3.8, 4) is 5.75 Å². The van der Waals surface area contributed by atoms with Gasteiger partial charge in [-0.3, -0.25) is 4.79 Å². The minimum Gasteiger partial charge on any atom is -0.508 e. The quantitative estimate of drug-likeness (QED) is 0.803. The second-order valence-electron chi connectivity index (χ2n) is 7.32. The van der Waals surface area contributed by atoms with Gasteiger partial charge in [-0.15, -0.1) is 5.10 Å². The Hall–Kier alpha value is -2.28. The van der Waals surface area contributed by atoms with E-state index in [9.17, 15) is 9.90 Å². The normalized spacial score (nSPS) is 21.6. The molecule has 2 N–H and O–H groups in total. The summed E-state index contributed by atoms with van der Waals surface area (Å²) in [6, 6.07) is 6.64. The van der Waals surface area contributed by atoms with Gasteiger partial charge in [0.15, 0.2) is 5.78 Å². The Morgan fingerprint density at radius 3 is 2.68 bits per heavy atom. The maximum absolute atomic E-state index is 13.0. The molecule has 0 spiro atoms. The Labute approximate surface area is 150 Å². The Balaban J connectivity index is 1.90. The number of phenols is 1. The summed E-state index contributed by atoms with van der Waals surface area (Å²) < 4.78 is 1.78. The van der Waals surface area contributed by atoms with Crippen molar-refractivity contribution in [2.75, 3.05) is 11.6 Å². The van der Waals surface area contributed by atoms with Crippen molar-refractivity contribution in [2.45, 2.75) is 37.9 Å². The second-order valence-corrected chi connectivity index (χ2v) is 8.09. The van der Waals surface area contributed by atoms with Crippen LogP contribution in [0.4, 0.5) is 5.95 Å². The lowest BCUT2D eigenvalue weighted by Crippen LogP contribution is -2.36. The second kappa shape index (κ2) is 5.62. The number of nitrogens with one attached hydrogen (secondary N) is 1. The van der Waals surface area contributed by atoms with E-state index in [4.69, 9.17) is 0 Å². The Morgan fingerprint density at radius 1 is 1.28 bits per heavy atom. The zero-order valence-electron chi connectivity index (χ0n) is 14.4. The lowest BCUT2D eigenvalue weighted by Gasteiger charge is -2.38. The van der Waals surface area contributed by atoms with Crippen molar-refractivity contribution in [3.05, 3.63) is 41.1 Å². The van der Waals surface area contributed by atoms with Gasteiger partial charge in [-0.25, -0.2) is 4.68 Å². The van der Waals surface area contributed by atoms with Crippen molar-refractivity contribution >= 4 is 23.5 Å². The third kappa shape index (κ3) is 2.72. The molecule has 0 radical (unpaired) electrons. The number of carbonyl (C=O) groups is 1. The first-order chi connectivity index (χ1) is 11.9. The molecule has 1 aromatic carbocycles. The molecule has 0 saturated heterocycles. The summed E-state index contributed by atoms with van der Waals surface area (Å²) >= 11 is 1.47. The van der Waals surface area contributed by atoms with Gasteiger partial charge in [0.05, 0.1) is 0 Å². The molecule has 4 rings (SSSR count). The Kier molecular flexibility index (Phi) is 3.64. The molecule has 0 fully saturated rings. The number of hydrogen-bond acceptors (Lipinski definition) is 6. The van der Waals surface area contributed by atoms with Gasteiger partial charge < -0.3 is 10.4 Å². The summed E-state index contributed by atoms with van der Waals surface area (Å²) in [4.78, 5) is 17.5. The highest BCUT2D eigenvalue weighted by atomic mass is 32.2. The van der Waals surface area contributed by atoms with E-state index in [2.05, 4.69) is 29.2 Å². The Morgan fingerprint density at radius 2 is 2.00 bits per heavy atom. The number of anilines is 1. The number of Topliss-reactive ketones (excluding diaryl/α,β-unsaturated/α-hetero) is 1. The third-order valence-corrected chi connectivity index (χ3v) is 5.24. The molecule has 0 unspecified atom stereocenters. The van der Waals surface area contributed by atoms with E-state index in [0.717, 1.165) is 23.3 Å². The van der Waals surface area contributed by atoms with Gasteiger partial charge in [0.2, 0.25) is 11.1 Å². The van der Waals surface area contributed by atoms with E-state index < -0.39 is 0 Å². The van der Waals surface area contributed by atoms with E-state index in [1.54, 1.807) is 16.8 Å². The fourth-order valence-electron chi connectivity index (χ4n) is 3.64. The molecule has 0 amide bonds. The van der Waals surface area contributed by atoms with Crippen molar-refractivity contribution in [2.24, 2.45) is 5.41 Å². The minimum atomic E-state index is -0.316. The average molecular weight is 356 g/mol. The largest absolute Gasteiger partial charge is 0.508 e. The first-order valence-electron chi connectivity index (χ1n) is 8.21. The summed E-state index contributed by atoms with van der Waals surface area (Å²) in [7, 11) is 0. The third-order valence-electron chi connectivity index (χ3n) is 4.70. The highest BCUT2D eigenvalue weighted by molar-refractivity contribution is 7.98. The molecule has 1 aliphatic heterocycles. The van der Waals surface area contributed by atoms with Crippen LogP contribution in [-0.2, 0) is 4.79 Å². The zero-order valence-corrected chi connectivity index (χ0v) is 15.2. The van der Waals surface area contributed by atoms with E-state index in [0.29, 0.717) is 17.5 Å². The number of hydrogen-bond donors (Lipinski definition) is 2. The molecule has 6 nitrogen and oxygen atoms in total. The first kappa shape index (κ1) is 16.2. The first-order valence-corrected chi connectivity index (χ1v) is 9.43. The number of benzene rings is 1. The van der Waals surface area contributed by atoms with E-state index in [-0.39, 0.29) is 23.0 Å². The lowest BCUT2D eigenvalue weighted by atomic mass is 9.73. The summed E-state index contributed by atoms with van der Waals surface area (Å²) in [6.07, 6.45) is 3.24. The van der Waals surface area contributed by atoms with Crippen LogP contribution in [-0.4, -0.2) is 31.9 Å². The van der Waals surface area contributed by atoms with Gasteiger partial charge in [0, 0.05) is 17.7 Å². The minimum absolute atomic E-state index is 0.0764. The summed E-state index contributed by atoms with van der Waals surface area (Å²) in [5, 5.41) is 18.2. The maximum Gasteiger partial charge on any atom is 0.227 e. The average Bonchev–Trinajstić information content (AvgIpc) is 2.95. The van der Waals surface area contributed by atoms with Gasteiger partial charge in [-0.1, -0.05) is 37.7 Å². The van der Waals surface area contributed by atoms with Crippen LogP contribution in [0.2, 0.25) is 0 Å². The molecule has 2 heterocycles. The zero-order chi connectivity index (χ0) is 17.8. The van der Waals surface area contributed by atoms with Gasteiger partial charge in [-0.05, 0) is 35.8 Å². The Bertz CT molecular complexity index is 883. The van der Waals surface area contributed by atoms with Crippen LogP contribution < -0.4 is 5.32 Å². The summed E-state index contributed by atoms with van der Waals surface area (Å²) in [6.45, 7) is 4.22. The smallest absolute Gasteiger partial charge is 0.227 e. The maximum atomic E-state index is 13.0. The van der Waals surface area contributed by atoms with Gasteiger partial charge >= 0.3 is 0 Å². The van der Waals surface area contributed by atoms with Crippen LogP contribution in [0.25, 0.3) is 0 Å². The lowest BCUT2D eigenvalue weighted by molar-refractivity contribution is -0.118. The predicted octanol–water partition coefficient (Wildman–Crippen LogP) is 3.36. The molecule has 2 aromatic rings. The molecular formula is C18H20N4O2S. The van der Waals surface area contributed by atoms with E-state index in [1.165, 1.54) is 11.8 Å². The SMILES string of the molecule is CSc1nc2n(n1)[C@@H](c1ccc(O)cc1)C1=C(CC(C)(C)CC1=O)N2. The van der Waals surface area contributed by atoms with E-state index in [1.807, 2.05) is 18.4 Å². The van der Waals surface area contributed by atoms with Crippen molar-refractivity contribution in [3.63, 3.8) is 0 Å². The number of phenolic OH excluding ortho intramolecular Hbond substituents is 1. The summed E-state index contributed by atoms with van der Waals surface area (Å²) in [5.41, 5.74) is 2.54. The van der Waals surface area contributed by atoms with Crippen LogP contribution in [0.5, 0.6) is 5.75 Å². The number of ketones is 1. The van der Waals surface area contributed by atoms with Crippen LogP contribution in [0.15, 0.2) is 40.7 Å². The number of allylic oxidation sites excluding steroid dienone is 2. The number of rotatable bonds is 2. The molecule has 7 heteroatoms. The van der Waals surface area contributed by atoms with Crippen LogP contribution in [0.1, 0.15) is 38.3 Å². The van der Waals surface area contributed by atoms with Crippen molar-refractivity contribution < 1.29 is 9.90 Å². The van der Waals surface area contributed by atoms with Gasteiger partial charge in [-0.2, -0.15) is 4.98 Å². The van der Waals surface area contributed by atoms with Crippen molar-refractivity contribution in [1.29, 1.82) is 0 Å². The highest BCUT2D eigenvalue weighted by Crippen LogP contribution is 2.45. The molecule has 1 aromatic heterocycles. The molecule has 25 heavy (non-hydrogen) atoms. The fraction of sp³-hybridized carbons (Fsp3) is 0.389. The van der Waals surface area contributed by atoms with Crippen LogP contribution in [0.3, 0.4) is 0 Å². The van der Waals surface area contributed by atoms with Gasteiger partial charge in [0.25, 0.3) is 0 Å². The number of thioether (sulfide) groups is 1. The number of carbonyl (C=O) groups excluding carboxylic acids is 1. The van der Waals surface area contributed by atoms with Gasteiger partial charge in [0.1, 0.15) is 11.8 Å². The standard InChI is InChI=1S/C18H20N4O2S/c1-18(2)8-12-14(13(24)9-18)15(10-4-6-11(23)7-5-10)22-16(19-12)20-17(21-22)25-3/h4-7,15,23H,8-9H2,1-3H3,(H,19,20,21)/t15-/m0/s1. The number of nitrogens with zero attached hydrogens (tertiary/aromatic N) is 3. The molecule has 2 aliphatic rings. The number of aromatic nitrogens is 3. The molecule has 0 bridgehead atoms. The topological polar surface area (TPSA) is 80.0 Å². The predicted molar refractivity (Wildman–Crippen MR) is 96.7 cm³/mol. The molecule has 1 aliphatic carbocycles. The van der Waals surface area contributed by atoms with Crippen LogP contribution in [0, 0.1) is 5.41 Å². The molecule has 1 atom stereocenters. The summed E-state index contributed by atoms with van der Waals surface area (Å²) in [5.74, 6) is 1.00. The molecular weight excluding hydrogens is 336 g/mol.